The van der Waals surface area contributed by atoms with Crippen molar-refractivity contribution in [2.75, 3.05) is 0 Å². The molecule has 2 aromatic heterocycles. The van der Waals surface area contributed by atoms with E-state index < -0.39 is 11.2 Å². The molecule has 3 N–H and O–H groups in total. The molecule has 0 fully saturated rings. The van der Waals surface area contributed by atoms with Crippen molar-refractivity contribution < 1.29 is 0 Å². The van der Waals surface area contributed by atoms with Crippen LogP contribution in [0, 0.1) is 13.8 Å². The molecular formula is C16H16N4O2. The predicted molar refractivity (Wildman–Crippen MR) is 85.3 cm³/mol. The van der Waals surface area contributed by atoms with Gasteiger partial charge < -0.3 is 5.73 Å². The monoisotopic (exact) mass is 296 g/mol. The van der Waals surface area contributed by atoms with Gasteiger partial charge in [-0.15, -0.1) is 0 Å². The maximum atomic E-state index is 12.3. The largest absolute Gasteiger partial charge is 0.334 e. The lowest BCUT2D eigenvalue weighted by atomic mass is 10.0. The minimum Gasteiger partial charge on any atom is -0.326 e. The van der Waals surface area contributed by atoms with Gasteiger partial charge in [0.15, 0.2) is 5.65 Å². The Balaban J connectivity index is 2.55. The van der Waals surface area contributed by atoms with Gasteiger partial charge in [0.1, 0.15) is 0 Å². The molecule has 0 aliphatic heterocycles. The zero-order chi connectivity index (χ0) is 15.9. The van der Waals surface area contributed by atoms with Gasteiger partial charge >= 0.3 is 5.69 Å². The number of rotatable bonds is 2. The second kappa shape index (κ2) is 5.23. The molecular weight excluding hydrogens is 280 g/mol. The number of para-hydroxylation sites is 1. The van der Waals surface area contributed by atoms with E-state index in [9.17, 15) is 9.59 Å². The maximum Gasteiger partial charge on any atom is 0.334 e. The van der Waals surface area contributed by atoms with Crippen LogP contribution < -0.4 is 17.0 Å². The second-order valence-corrected chi connectivity index (χ2v) is 5.13. The van der Waals surface area contributed by atoms with E-state index in [0.29, 0.717) is 23.3 Å². The summed E-state index contributed by atoms with van der Waals surface area (Å²) in [6.07, 6.45) is 0. The number of aryl methyl sites for hydroxylation is 2. The Kier molecular flexibility index (Phi) is 3.38. The Morgan fingerprint density at radius 2 is 1.86 bits per heavy atom. The van der Waals surface area contributed by atoms with Gasteiger partial charge in [-0.3, -0.25) is 9.78 Å². The molecule has 0 atom stereocenters. The molecule has 3 aromatic rings. The molecule has 0 spiro atoms. The van der Waals surface area contributed by atoms with Crippen molar-refractivity contribution in [3.8, 4) is 5.69 Å². The summed E-state index contributed by atoms with van der Waals surface area (Å²) in [5.41, 5.74) is 8.13. The summed E-state index contributed by atoms with van der Waals surface area (Å²) in [6, 6.07) is 9.10. The van der Waals surface area contributed by atoms with E-state index in [0.717, 1.165) is 16.8 Å². The van der Waals surface area contributed by atoms with Gasteiger partial charge in [-0.1, -0.05) is 18.2 Å². The van der Waals surface area contributed by atoms with Crippen molar-refractivity contribution in [2.24, 2.45) is 5.73 Å². The number of fused-ring (bicyclic) bond motifs is 1. The first-order chi connectivity index (χ1) is 10.5. The molecule has 0 bridgehead atoms. The number of nitrogens with two attached hydrogens (primary N) is 1. The third kappa shape index (κ3) is 2.05. The van der Waals surface area contributed by atoms with Crippen LogP contribution in [0.5, 0.6) is 0 Å². The van der Waals surface area contributed by atoms with E-state index in [1.807, 2.05) is 32.0 Å². The zero-order valence-electron chi connectivity index (χ0n) is 12.4. The van der Waals surface area contributed by atoms with Crippen molar-refractivity contribution in [1.82, 2.24) is 14.5 Å². The fourth-order valence-electron chi connectivity index (χ4n) is 2.73. The summed E-state index contributed by atoms with van der Waals surface area (Å²) in [6.45, 7) is 3.95. The average Bonchev–Trinajstić information content (AvgIpc) is 2.48. The summed E-state index contributed by atoms with van der Waals surface area (Å²) in [4.78, 5) is 31.3. The Labute approximate surface area is 126 Å². The van der Waals surface area contributed by atoms with Crippen LogP contribution in [0.25, 0.3) is 16.7 Å². The highest BCUT2D eigenvalue weighted by atomic mass is 16.2. The Morgan fingerprint density at radius 1 is 1.18 bits per heavy atom. The summed E-state index contributed by atoms with van der Waals surface area (Å²) < 4.78 is 1.41. The first-order valence-electron chi connectivity index (χ1n) is 6.95. The number of aromatic nitrogens is 3. The van der Waals surface area contributed by atoms with Gasteiger partial charge in [-0.2, -0.15) is 0 Å². The van der Waals surface area contributed by atoms with Gasteiger partial charge in [0, 0.05) is 12.2 Å². The van der Waals surface area contributed by atoms with Gasteiger partial charge in [0.05, 0.1) is 11.1 Å². The van der Waals surface area contributed by atoms with E-state index in [-0.39, 0.29) is 0 Å². The van der Waals surface area contributed by atoms with Crippen molar-refractivity contribution in [1.29, 1.82) is 0 Å². The molecule has 0 unspecified atom stereocenters. The number of pyridine rings is 1. The minimum atomic E-state index is -0.504. The van der Waals surface area contributed by atoms with Crippen molar-refractivity contribution >= 4 is 11.0 Å². The van der Waals surface area contributed by atoms with Crippen LogP contribution in [-0.2, 0) is 6.54 Å². The lowest BCUT2D eigenvalue weighted by Crippen LogP contribution is -2.31. The van der Waals surface area contributed by atoms with Crippen LogP contribution in [0.15, 0.2) is 39.9 Å². The van der Waals surface area contributed by atoms with Crippen molar-refractivity contribution in [2.45, 2.75) is 20.4 Å². The maximum absolute atomic E-state index is 12.3. The smallest absolute Gasteiger partial charge is 0.326 e. The molecule has 112 valence electrons. The molecule has 0 aliphatic carbocycles. The Hall–Kier alpha value is -2.73. The lowest BCUT2D eigenvalue weighted by Gasteiger charge is -2.14. The van der Waals surface area contributed by atoms with Crippen LogP contribution >= 0.6 is 0 Å². The summed E-state index contributed by atoms with van der Waals surface area (Å²) in [5, 5.41) is 0.398. The first kappa shape index (κ1) is 14.2. The zero-order valence-corrected chi connectivity index (χ0v) is 12.4. The number of nitrogens with zero attached hydrogens (tertiary/aromatic N) is 2. The topological polar surface area (TPSA) is 93.8 Å². The third-order valence-electron chi connectivity index (χ3n) is 3.84. The first-order valence-corrected chi connectivity index (χ1v) is 6.95. The molecule has 0 amide bonds. The normalized spacial score (nSPS) is 11.0. The number of benzene rings is 1. The van der Waals surface area contributed by atoms with E-state index in [1.54, 1.807) is 12.1 Å². The van der Waals surface area contributed by atoms with E-state index in [1.165, 1.54) is 4.57 Å². The highest BCUT2D eigenvalue weighted by Gasteiger charge is 2.16. The number of hydrogen-bond donors (Lipinski definition) is 2. The predicted octanol–water partition coefficient (Wildman–Crippen LogP) is 1.15. The third-order valence-corrected chi connectivity index (χ3v) is 3.84. The van der Waals surface area contributed by atoms with E-state index in [4.69, 9.17) is 5.73 Å². The van der Waals surface area contributed by atoms with Crippen LogP contribution in [0.3, 0.4) is 0 Å². The summed E-state index contributed by atoms with van der Waals surface area (Å²) >= 11 is 0. The molecule has 0 saturated carbocycles. The molecule has 0 radical (unpaired) electrons. The number of hydrogen-bond acceptors (Lipinski definition) is 4. The van der Waals surface area contributed by atoms with E-state index >= 15 is 0 Å². The standard InChI is InChI=1S/C16H16N4O2/c1-9-12(8-17)10(2)18-14-13(9)15(21)19-16(22)20(14)11-6-4-3-5-7-11/h3-7H,8,17H2,1-2H3,(H,19,21,22). The molecule has 1 aromatic carbocycles. The molecule has 0 aliphatic rings. The molecule has 6 heteroatoms. The molecule has 6 nitrogen and oxygen atoms in total. The number of aromatic amines is 1. The van der Waals surface area contributed by atoms with Crippen LogP contribution in [0.4, 0.5) is 0 Å². The second-order valence-electron chi connectivity index (χ2n) is 5.13. The highest BCUT2D eigenvalue weighted by Crippen LogP contribution is 2.20. The van der Waals surface area contributed by atoms with Crippen molar-refractivity contribution in [3.05, 3.63) is 68.0 Å². The fraction of sp³-hybridized carbons (Fsp3) is 0.188. The van der Waals surface area contributed by atoms with Gasteiger partial charge in [0.25, 0.3) is 5.56 Å². The van der Waals surface area contributed by atoms with E-state index in [2.05, 4.69) is 9.97 Å². The lowest BCUT2D eigenvalue weighted by molar-refractivity contribution is 0.906. The summed E-state index contributed by atoms with van der Waals surface area (Å²) in [5.74, 6) is 0. The Bertz CT molecular complexity index is 971. The average molecular weight is 296 g/mol. The number of H-pyrrole nitrogens is 1. The molecule has 3 rings (SSSR count). The molecule has 0 saturated heterocycles. The van der Waals surface area contributed by atoms with Crippen LogP contribution in [0.2, 0.25) is 0 Å². The molecule has 2 heterocycles. The van der Waals surface area contributed by atoms with Gasteiger partial charge in [0.2, 0.25) is 0 Å². The number of nitrogens with one attached hydrogen (secondary N) is 1. The van der Waals surface area contributed by atoms with Crippen LogP contribution in [0.1, 0.15) is 16.8 Å². The summed E-state index contributed by atoms with van der Waals surface area (Å²) in [7, 11) is 0. The van der Waals surface area contributed by atoms with Crippen LogP contribution in [-0.4, -0.2) is 14.5 Å². The quantitative estimate of drug-likeness (QED) is 0.741. The minimum absolute atomic E-state index is 0.296. The SMILES string of the molecule is Cc1nc2c(c(C)c1CN)c(=O)[nH]c(=O)n2-c1ccccc1. The Morgan fingerprint density at radius 3 is 2.50 bits per heavy atom. The fourth-order valence-corrected chi connectivity index (χ4v) is 2.73. The highest BCUT2D eigenvalue weighted by molar-refractivity contribution is 5.81. The van der Waals surface area contributed by atoms with Gasteiger partial charge in [-0.25, -0.2) is 14.3 Å². The van der Waals surface area contributed by atoms with Gasteiger partial charge in [-0.05, 0) is 37.1 Å². The van der Waals surface area contributed by atoms with Crippen molar-refractivity contribution in [3.63, 3.8) is 0 Å². The molecule has 22 heavy (non-hydrogen) atoms.